The minimum atomic E-state index is -0.267. The Bertz CT molecular complexity index is 871. The van der Waals surface area contributed by atoms with Gasteiger partial charge in [0, 0.05) is 18.5 Å². The highest BCUT2D eigenvalue weighted by Crippen LogP contribution is 2.22. The first kappa shape index (κ1) is 16.9. The van der Waals surface area contributed by atoms with Crippen LogP contribution in [-0.2, 0) is 9.59 Å². The number of hydrazone groups is 1. The summed E-state index contributed by atoms with van der Waals surface area (Å²) >= 11 is 0. The molecule has 0 aliphatic carbocycles. The van der Waals surface area contributed by atoms with E-state index < -0.39 is 0 Å². The molecule has 0 saturated carbocycles. The molecule has 1 N–H and O–H groups in total. The van der Waals surface area contributed by atoms with E-state index in [4.69, 9.17) is 0 Å². The molecule has 2 aromatic rings. The fourth-order valence-corrected chi connectivity index (χ4v) is 2.83. The molecule has 0 aromatic heterocycles. The lowest BCUT2D eigenvalue weighted by molar-refractivity contribution is -0.118. The largest absolute Gasteiger partial charge is 0.321 e. The van der Waals surface area contributed by atoms with E-state index in [0.717, 1.165) is 22.4 Å². The topological polar surface area (TPSA) is 61.8 Å². The Labute approximate surface area is 147 Å². The van der Waals surface area contributed by atoms with Crippen molar-refractivity contribution >= 4 is 28.9 Å². The van der Waals surface area contributed by atoms with Crippen LogP contribution in [0.5, 0.6) is 0 Å². The number of carbonyl (C=O) groups is 2. The standard InChI is InChI=1S/C20H21N3O2/c1-13-5-4-6-16(12-13)23-19(24)10-9-18(22-23)20(25)21-17-8-7-14(2)11-15(17)3/h4-8,11-12H,9-10H2,1-3H3,(H,21,25). The molecular formula is C20H21N3O2. The minimum Gasteiger partial charge on any atom is -0.321 e. The fourth-order valence-electron chi connectivity index (χ4n) is 2.83. The number of amides is 2. The molecule has 2 amide bonds. The van der Waals surface area contributed by atoms with Gasteiger partial charge in [-0.15, -0.1) is 0 Å². The highest BCUT2D eigenvalue weighted by molar-refractivity contribution is 6.44. The van der Waals surface area contributed by atoms with Crippen molar-refractivity contribution in [1.82, 2.24) is 0 Å². The van der Waals surface area contributed by atoms with Gasteiger partial charge in [0.25, 0.3) is 5.91 Å². The third-order valence-electron chi connectivity index (χ3n) is 4.17. The average molecular weight is 335 g/mol. The summed E-state index contributed by atoms with van der Waals surface area (Å²) in [5.41, 5.74) is 4.98. The molecule has 1 aliphatic heterocycles. The molecule has 0 radical (unpaired) electrons. The van der Waals surface area contributed by atoms with E-state index in [1.54, 1.807) is 0 Å². The average Bonchev–Trinajstić information content (AvgIpc) is 2.57. The first-order valence-electron chi connectivity index (χ1n) is 8.30. The number of rotatable bonds is 3. The van der Waals surface area contributed by atoms with Crippen LogP contribution in [-0.4, -0.2) is 17.5 Å². The number of nitrogens with zero attached hydrogens (tertiary/aromatic N) is 2. The number of anilines is 2. The molecule has 0 unspecified atom stereocenters. The first-order chi connectivity index (χ1) is 11.9. The Morgan fingerprint density at radius 1 is 1.04 bits per heavy atom. The van der Waals surface area contributed by atoms with E-state index in [2.05, 4.69) is 10.4 Å². The van der Waals surface area contributed by atoms with Crippen molar-refractivity contribution < 1.29 is 9.59 Å². The third kappa shape index (κ3) is 3.76. The maximum Gasteiger partial charge on any atom is 0.271 e. The predicted octanol–water partition coefficient (Wildman–Crippen LogP) is 3.73. The molecule has 2 aromatic carbocycles. The van der Waals surface area contributed by atoms with Gasteiger partial charge in [-0.05, 0) is 50.1 Å². The summed E-state index contributed by atoms with van der Waals surface area (Å²) in [7, 11) is 0. The summed E-state index contributed by atoms with van der Waals surface area (Å²) in [5.74, 6) is -0.370. The van der Waals surface area contributed by atoms with Crippen LogP contribution in [0, 0.1) is 20.8 Å². The molecule has 5 heteroatoms. The van der Waals surface area contributed by atoms with Gasteiger partial charge in [0.2, 0.25) is 5.91 Å². The molecule has 0 atom stereocenters. The van der Waals surface area contributed by atoms with Crippen LogP contribution >= 0.6 is 0 Å². The van der Waals surface area contributed by atoms with Gasteiger partial charge in [-0.25, -0.2) is 5.01 Å². The lowest BCUT2D eigenvalue weighted by Gasteiger charge is -2.23. The number of nitrogens with one attached hydrogen (secondary N) is 1. The molecule has 0 spiro atoms. The van der Waals surface area contributed by atoms with E-state index >= 15 is 0 Å². The number of aryl methyl sites for hydroxylation is 3. The van der Waals surface area contributed by atoms with Crippen molar-refractivity contribution in [2.45, 2.75) is 33.6 Å². The molecule has 1 heterocycles. The van der Waals surface area contributed by atoms with Gasteiger partial charge in [0.15, 0.2) is 0 Å². The highest BCUT2D eigenvalue weighted by atomic mass is 16.2. The van der Waals surface area contributed by atoms with E-state index in [1.807, 2.05) is 63.2 Å². The molecular weight excluding hydrogens is 314 g/mol. The molecule has 0 fully saturated rings. The van der Waals surface area contributed by atoms with E-state index in [1.165, 1.54) is 5.01 Å². The summed E-state index contributed by atoms with van der Waals surface area (Å²) in [6.45, 7) is 5.92. The van der Waals surface area contributed by atoms with Gasteiger partial charge < -0.3 is 5.32 Å². The van der Waals surface area contributed by atoms with Crippen molar-refractivity contribution in [3.8, 4) is 0 Å². The molecule has 5 nitrogen and oxygen atoms in total. The lowest BCUT2D eigenvalue weighted by Crippen LogP contribution is -2.36. The maximum absolute atomic E-state index is 12.6. The molecule has 1 aliphatic rings. The van der Waals surface area contributed by atoms with E-state index in [0.29, 0.717) is 17.8 Å². The molecule has 3 rings (SSSR count). The van der Waals surface area contributed by atoms with Crippen molar-refractivity contribution in [2.75, 3.05) is 10.3 Å². The first-order valence-corrected chi connectivity index (χ1v) is 8.30. The monoisotopic (exact) mass is 335 g/mol. The van der Waals surface area contributed by atoms with Gasteiger partial charge in [0.1, 0.15) is 5.71 Å². The predicted molar refractivity (Wildman–Crippen MR) is 99.9 cm³/mol. The molecule has 0 saturated heterocycles. The molecule has 128 valence electrons. The zero-order valence-electron chi connectivity index (χ0n) is 14.7. The van der Waals surface area contributed by atoms with Crippen LogP contribution in [0.15, 0.2) is 47.6 Å². The van der Waals surface area contributed by atoms with E-state index in [9.17, 15) is 9.59 Å². The second-order valence-corrected chi connectivity index (χ2v) is 6.36. The van der Waals surface area contributed by atoms with E-state index in [-0.39, 0.29) is 18.2 Å². The Balaban J connectivity index is 1.84. The normalized spacial score (nSPS) is 14.3. The Morgan fingerprint density at radius 2 is 1.80 bits per heavy atom. The number of hydrogen-bond acceptors (Lipinski definition) is 3. The van der Waals surface area contributed by atoms with Crippen LogP contribution in [0.25, 0.3) is 0 Å². The number of carbonyl (C=O) groups excluding carboxylic acids is 2. The van der Waals surface area contributed by atoms with Gasteiger partial charge >= 0.3 is 0 Å². The second kappa shape index (κ2) is 6.89. The minimum absolute atomic E-state index is 0.103. The van der Waals surface area contributed by atoms with Gasteiger partial charge in [-0.1, -0.05) is 29.8 Å². The second-order valence-electron chi connectivity index (χ2n) is 6.36. The molecule has 25 heavy (non-hydrogen) atoms. The van der Waals surface area contributed by atoms with Crippen molar-refractivity contribution in [3.63, 3.8) is 0 Å². The van der Waals surface area contributed by atoms with Crippen LogP contribution in [0.3, 0.4) is 0 Å². The SMILES string of the molecule is Cc1cccc(N2N=C(C(=O)Nc3ccc(C)cc3C)CCC2=O)c1. The summed E-state index contributed by atoms with van der Waals surface area (Å²) in [4.78, 5) is 24.8. The van der Waals surface area contributed by atoms with Crippen molar-refractivity contribution in [3.05, 3.63) is 59.2 Å². The zero-order valence-corrected chi connectivity index (χ0v) is 14.7. The Kier molecular flexibility index (Phi) is 4.65. The Hall–Kier alpha value is -2.95. The van der Waals surface area contributed by atoms with Gasteiger partial charge in [-0.2, -0.15) is 5.10 Å². The number of benzene rings is 2. The fraction of sp³-hybridized carbons (Fsp3) is 0.250. The zero-order chi connectivity index (χ0) is 18.0. The van der Waals surface area contributed by atoms with Crippen LogP contribution in [0.1, 0.15) is 29.5 Å². The van der Waals surface area contributed by atoms with Crippen molar-refractivity contribution in [1.29, 1.82) is 0 Å². The van der Waals surface area contributed by atoms with Crippen molar-refractivity contribution in [2.24, 2.45) is 5.10 Å². The quantitative estimate of drug-likeness (QED) is 0.929. The van der Waals surface area contributed by atoms with Crippen LogP contribution in [0.4, 0.5) is 11.4 Å². The maximum atomic E-state index is 12.6. The summed E-state index contributed by atoms with van der Waals surface area (Å²) in [6.07, 6.45) is 0.616. The summed E-state index contributed by atoms with van der Waals surface area (Å²) in [6, 6.07) is 13.4. The lowest BCUT2D eigenvalue weighted by atomic mass is 10.1. The summed E-state index contributed by atoms with van der Waals surface area (Å²) in [5, 5.41) is 8.53. The smallest absolute Gasteiger partial charge is 0.271 e. The van der Waals surface area contributed by atoms with Crippen LogP contribution in [0.2, 0.25) is 0 Å². The molecule has 0 bridgehead atoms. The number of hydrogen-bond donors (Lipinski definition) is 1. The van der Waals surface area contributed by atoms with Gasteiger partial charge in [0.05, 0.1) is 5.69 Å². The van der Waals surface area contributed by atoms with Gasteiger partial charge in [-0.3, -0.25) is 9.59 Å². The summed E-state index contributed by atoms with van der Waals surface area (Å²) < 4.78 is 0. The highest BCUT2D eigenvalue weighted by Gasteiger charge is 2.25. The third-order valence-corrected chi connectivity index (χ3v) is 4.17. The Morgan fingerprint density at radius 3 is 2.52 bits per heavy atom. The van der Waals surface area contributed by atoms with Crippen LogP contribution < -0.4 is 10.3 Å².